The van der Waals surface area contributed by atoms with E-state index in [2.05, 4.69) is 12.0 Å². The van der Waals surface area contributed by atoms with Gasteiger partial charge in [-0.3, -0.25) is 4.79 Å². The quantitative estimate of drug-likeness (QED) is 0.592. The molecule has 94 valence electrons. The van der Waals surface area contributed by atoms with E-state index in [0.29, 0.717) is 5.75 Å². The Morgan fingerprint density at radius 1 is 1.39 bits per heavy atom. The summed E-state index contributed by atoms with van der Waals surface area (Å²) in [6, 6.07) is 6.64. The van der Waals surface area contributed by atoms with Gasteiger partial charge < -0.3 is 9.64 Å². The van der Waals surface area contributed by atoms with Gasteiger partial charge in [-0.25, -0.2) is 4.39 Å². The zero-order valence-corrected chi connectivity index (χ0v) is 10.2. The van der Waals surface area contributed by atoms with Gasteiger partial charge in [0.05, 0.1) is 12.7 Å². The van der Waals surface area contributed by atoms with Gasteiger partial charge in [0.25, 0.3) is 0 Å². The normalized spacial score (nSPS) is 14.0. The molecular formula is C14H14FNO2. The molecular weight excluding hydrogens is 233 g/mol. The van der Waals surface area contributed by atoms with E-state index in [1.54, 1.807) is 0 Å². The van der Waals surface area contributed by atoms with Gasteiger partial charge in [-0.15, -0.1) is 0 Å². The summed E-state index contributed by atoms with van der Waals surface area (Å²) in [6.45, 7) is 1.78. The molecule has 1 saturated heterocycles. The van der Waals surface area contributed by atoms with Crippen LogP contribution in [0.1, 0.15) is 23.2 Å². The Morgan fingerprint density at radius 3 is 2.78 bits per heavy atom. The number of methoxy groups -OCH3 is 1. The predicted molar refractivity (Wildman–Crippen MR) is 65.9 cm³/mol. The zero-order valence-electron chi connectivity index (χ0n) is 10.2. The SMILES string of the molecule is COc1ccc(F)cc1C(=O)C#CN1CCCC1. The van der Waals surface area contributed by atoms with Crippen molar-refractivity contribution in [2.24, 2.45) is 0 Å². The number of halogens is 1. The van der Waals surface area contributed by atoms with Crippen LogP contribution >= 0.6 is 0 Å². The van der Waals surface area contributed by atoms with Crippen LogP contribution in [0.4, 0.5) is 4.39 Å². The highest BCUT2D eigenvalue weighted by atomic mass is 19.1. The number of ketones is 1. The molecule has 1 aliphatic rings. The molecule has 0 aliphatic carbocycles. The Labute approximate surface area is 106 Å². The summed E-state index contributed by atoms with van der Waals surface area (Å²) in [5, 5.41) is 0. The molecule has 0 atom stereocenters. The fourth-order valence-electron chi connectivity index (χ4n) is 1.88. The molecule has 0 N–H and O–H groups in total. The molecule has 2 rings (SSSR count). The standard InChI is InChI=1S/C14H14FNO2/c1-18-14-5-4-11(15)10-12(14)13(17)6-9-16-7-2-3-8-16/h4-5,10H,2-3,7-8H2,1H3. The number of hydrogen-bond acceptors (Lipinski definition) is 3. The lowest BCUT2D eigenvalue weighted by molar-refractivity contribution is 0.105. The van der Waals surface area contributed by atoms with Crippen molar-refractivity contribution in [1.29, 1.82) is 0 Å². The van der Waals surface area contributed by atoms with Crippen LogP contribution in [-0.4, -0.2) is 30.9 Å². The van der Waals surface area contributed by atoms with Crippen LogP contribution in [0.2, 0.25) is 0 Å². The second-order valence-electron chi connectivity index (χ2n) is 4.10. The number of benzene rings is 1. The first kappa shape index (κ1) is 12.4. The van der Waals surface area contributed by atoms with Crippen molar-refractivity contribution in [2.75, 3.05) is 20.2 Å². The van der Waals surface area contributed by atoms with Crippen molar-refractivity contribution in [3.63, 3.8) is 0 Å². The molecule has 1 aromatic rings. The summed E-state index contributed by atoms with van der Waals surface area (Å²) in [5.74, 6) is 1.99. The van der Waals surface area contributed by atoms with E-state index in [9.17, 15) is 9.18 Å². The van der Waals surface area contributed by atoms with Gasteiger partial charge in [0.15, 0.2) is 0 Å². The molecule has 0 spiro atoms. The Balaban J connectivity index is 2.19. The first-order chi connectivity index (χ1) is 8.70. The number of carbonyl (C=O) groups excluding carboxylic acids is 1. The highest BCUT2D eigenvalue weighted by molar-refractivity contribution is 6.10. The average molecular weight is 247 g/mol. The van der Waals surface area contributed by atoms with Crippen LogP contribution in [0, 0.1) is 17.8 Å². The lowest BCUT2D eigenvalue weighted by Gasteiger charge is -2.06. The fourth-order valence-corrected chi connectivity index (χ4v) is 1.88. The van der Waals surface area contributed by atoms with Crippen LogP contribution in [-0.2, 0) is 0 Å². The minimum Gasteiger partial charge on any atom is -0.496 e. The summed E-state index contributed by atoms with van der Waals surface area (Å²) >= 11 is 0. The van der Waals surface area contributed by atoms with E-state index in [-0.39, 0.29) is 5.56 Å². The lowest BCUT2D eigenvalue weighted by Crippen LogP contribution is -2.12. The minimum absolute atomic E-state index is 0.171. The Morgan fingerprint density at radius 2 is 2.11 bits per heavy atom. The van der Waals surface area contributed by atoms with Gasteiger partial charge in [-0.1, -0.05) is 0 Å². The third kappa shape index (κ3) is 2.80. The number of rotatable bonds is 2. The average Bonchev–Trinajstić information content (AvgIpc) is 2.89. The molecule has 1 heterocycles. The number of hydrogen-bond donors (Lipinski definition) is 0. The summed E-state index contributed by atoms with van der Waals surface area (Å²) in [4.78, 5) is 13.8. The van der Waals surface area contributed by atoms with E-state index in [1.807, 2.05) is 4.90 Å². The van der Waals surface area contributed by atoms with Crippen molar-refractivity contribution in [3.05, 3.63) is 29.6 Å². The van der Waals surface area contributed by atoms with Crippen molar-refractivity contribution < 1.29 is 13.9 Å². The van der Waals surface area contributed by atoms with E-state index >= 15 is 0 Å². The van der Waals surface area contributed by atoms with Crippen LogP contribution in [0.5, 0.6) is 5.75 Å². The summed E-state index contributed by atoms with van der Waals surface area (Å²) < 4.78 is 18.1. The highest BCUT2D eigenvalue weighted by Crippen LogP contribution is 2.19. The summed E-state index contributed by atoms with van der Waals surface area (Å²) in [6.07, 6.45) is 2.21. The maximum absolute atomic E-state index is 13.1. The first-order valence-electron chi connectivity index (χ1n) is 5.85. The van der Waals surface area contributed by atoms with E-state index in [0.717, 1.165) is 32.0 Å². The number of nitrogens with zero attached hydrogens (tertiary/aromatic N) is 1. The van der Waals surface area contributed by atoms with Gasteiger partial charge in [0.1, 0.15) is 11.6 Å². The number of ether oxygens (including phenoxy) is 1. The molecule has 1 aliphatic heterocycles. The fraction of sp³-hybridized carbons (Fsp3) is 0.357. The van der Waals surface area contributed by atoms with Gasteiger partial charge in [0.2, 0.25) is 5.78 Å². The monoisotopic (exact) mass is 247 g/mol. The smallest absolute Gasteiger partial charge is 0.241 e. The Bertz CT molecular complexity index is 510. The van der Waals surface area contributed by atoms with E-state index in [4.69, 9.17) is 4.74 Å². The molecule has 3 nitrogen and oxygen atoms in total. The minimum atomic E-state index is -0.470. The molecule has 1 aromatic carbocycles. The Hall–Kier alpha value is -2.02. The van der Waals surface area contributed by atoms with Gasteiger partial charge >= 0.3 is 0 Å². The van der Waals surface area contributed by atoms with E-state index < -0.39 is 11.6 Å². The second kappa shape index (κ2) is 5.54. The molecule has 4 heteroatoms. The van der Waals surface area contributed by atoms with Gasteiger partial charge in [0, 0.05) is 25.1 Å². The molecule has 0 radical (unpaired) electrons. The van der Waals surface area contributed by atoms with Crippen LogP contribution in [0.25, 0.3) is 0 Å². The van der Waals surface area contributed by atoms with Crippen molar-refractivity contribution in [1.82, 2.24) is 4.90 Å². The maximum Gasteiger partial charge on any atom is 0.241 e. The molecule has 0 aromatic heterocycles. The van der Waals surface area contributed by atoms with Crippen LogP contribution < -0.4 is 4.74 Å². The lowest BCUT2D eigenvalue weighted by atomic mass is 10.1. The number of Topliss-reactive ketones (excluding diaryl/α,β-unsaturated/α-hetero) is 1. The molecule has 0 bridgehead atoms. The first-order valence-corrected chi connectivity index (χ1v) is 5.85. The highest BCUT2D eigenvalue weighted by Gasteiger charge is 2.12. The van der Waals surface area contributed by atoms with Crippen molar-refractivity contribution >= 4 is 5.78 Å². The largest absolute Gasteiger partial charge is 0.496 e. The number of likely N-dealkylation sites (tertiary alicyclic amines) is 1. The number of carbonyl (C=O) groups is 1. The van der Waals surface area contributed by atoms with Crippen molar-refractivity contribution in [2.45, 2.75) is 12.8 Å². The molecule has 1 fully saturated rings. The van der Waals surface area contributed by atoms with Gasteiger partial charge in [-0.2, -0.15) is 0 Å². The van der Waals surface area contributed by atoms with Crippen LogP contribution in [0.3, 0.4) is 0 Å². The molecule has 0 saturated carbocycles. The third-order valence-corrected chi connectivity index (χ3v) is 2.84. The predicted octanol–water partition coefficient (Wildman–Crippen LogP) is 2.07. The second-order valence-corrected chi connectivity index (χ2v) is 4.10. The van der Waals surface area contributed by atoms with Crippen LogP contribution in [0.15, 0.2) is 18.2 Å². The topological polar surface area (TPSA) is 29.5 Å². The van der Waals surface area contributed by atoms with E-state index in [1.165, 1.54) is 19.2 Å². The summed E-state index contributed by atoms with van der Waals surface area (Å²) in [7, 11) is 1.44. The zero-order chi connectivity index (χ0) is 13.0. The maximum atomic E-state index is 13.1. The molecule has 0 amide bonds. The summed E-state index contributed by atoms with van der Waals surface area (Å²) in [5.41, 5.74) is 0.171. The Kier molecular flexibility index (Phi) is 3.83. The molecule has 0 unspecified atom stereocenters. The third-order valence-electron chi connectivity index (χ3n) is 2.84. The molecule has 18 heavy (non-hydrogen) atoms. The van der Waals surface area contributed by atoms with Crippen molar-refractivity contribution in [3.8, 4) is 17.7 Å². The van der Waals surface area contributed by atoms with Gasteiger partial charge in [-0.05, 0) is 31.0 Å².